The molecule has 0 aliphatic rings. The van der Waals surface area contributed by atoms with Gasteiger partial charge in [-0.2, -0.15) is 6.07 Å². The van der Waals surface area contributed by atoms with Gasteiger partial charge in [-0.15, -0.1) is 17.7 Å². The van der Waals surface area contributed by atoms with Crippen LogP contribution in [-0.4, -0.2) is 11.6 Å². The van der Waals surface area contributed by atoms with Crippen LogP contribution in [0.3, 0.4) is 0 Å². The molecule has 0 heterocycles. The van der Waals surface area contributed by atoms with E-state index in [2.05, 4.69) is 6.92 Å². The van der Waals surface area contributed by atoms with Gasteiger partial charge < -0.3 is 14.0 Å². The van der Waals surface area contributed by atoms with E-state index in [0.29, 0.717) is 5.56 Å². The minimum Gasteiger partial charge on any atom is -0.328 e. The average molecular weight is 281 g/mol. The Kier molecular flexibility index (Phi) is 5.77. The number of hydrogen-bond donors (Lipinski definition) is 0. The van der Waals surface area contributed by atoms with Crippen molar-refractivity contribution in [3.8, 4) is 0 Å². The molecule has 0 spiro atoms. The summed E-state index contributed by atoms with van der Waals surface area (Å²) in [6.07, 6.45) is -1.25. The second kappa shape index (κ2) is 6.03. The molecule has 4 heteroatoms. The van der Waals surface area contributed by atoms with E-state index in [0.717, 1.165) is 6.92 Å². The summed E-state index contributed by atoms with van der Waals surface area (Å²) in [7, 11) is 0. The Labute approximate surface area is 113 Å². The smallest absolute Gasteiger partial charge is 0.110 e. The van der Waals surface area contributed by atoms with Crippen molar-refractivity contribution in [2.75, 3.05) is 0 Å². The van der Waals surface area contributed by atoms with E-state index in [9.17, 15) is 14.0 Å². The molecule has 1 rings (SSSR count). The van der Waals surface area contributed by atoms with Crippen molar-refractivity contribution in [1.29, 1.82) is 0 Å². The van der Waals surface area contributed by atoms with Gasteiger partial charge in [-0.3, -0.25) is 0 Å². The molecule has 0 aromatic heterocycles. The third-order valence-electron chi connectivity index (χ3n) is 1.77. The molecule has 2 nitrogen and oxygen atoms in total. The monoisotopic (exact) mass is 281 g/mol. The third kappa shape index (κ3) is 3.43. The minimum absolute atomic E-state index is 0. The van der Waals surface area contributed by atoms with E-state index >= 15 is 0 Å². The number of hydrogen-bond acceptors (Lipinski definition) is 2. The number of benzene rings is 1. The molecular weight excluding hydrogens is 272 g/mol. The maximum Gasteiger partial charge on any atom is 0.110 e. The molecule has 0 bridgehead atoms. The normalized spacial score (nSPS) is 8.93. The summed E-state index contributed by atoms with van der Waals surface area (Å²) in [5.41, 5.74) is 0.536. The second-order valence-electron chi connectivity index (χ2n) is 2.86. The molecule has 0 unspecified atom stereocenters. The zero-order valence-electron chi connectivity index (χ0n) is 8.29. The average Bonchev–Trinajstić information content (AvgIpc) is 2.16. The maximum absolute atomic E-state index is 13.0. The van der Waals surface area contributed by atoms with Gasteiger partial charge in [0.25, 0.3) is 0 Å². The zero-order valence-corrected chi connectivity index (χ0v) is 11.1. The number of carbonyl (C=O) groups excluding carboxylic acids is 2. The molecule has 0 saturated carbocycles. The van der Waals surface area contributed by atoms with E-state index in [4.69, 9.17) is 0 Å². The molecular formula is C11H9FO2Y-2. The summed E-state index contributed by atoms with van der Waals surface area (Å²) in [4.78, 5) is 22.0. The van der Waals surface area contributed by atoms with Gasteiger partial charge in [0.15, 0.2) is 0 Å². The molecule has 0 aliphatic heterocycles. The van der Waals surface area contributed by atoms with Crippen LogP contribution < -0.4 is 0 Å². The summed E-state index contributed by atoms with van der Waals surface area (Å²) in [6, 6.07) is 6.30. The SMILES string of the molecule is [CH2-]c1ccccc1C(=O)[C-](F)C(C)=O.[Y]. The van der Waals surface area contributed by atoms with Gasteiger partial charge in [0.1, 0.15) is 5.78 Å². The van der Waals surface area contributed by atoms with Crippen LogP contribution in [0, 0.1) is 13.1 Å². The molecule has 0 amide bonds. The summed E-state index contributed by atoms with van der Waals surface area (Å²) in [5, 5.41) is 0. The Morgan fingerprint density at radius 3 is 2.33 bits per heavy atom. The molecule has 0 atom stereocenters. The molecule has 0 fully saturated rings. The van der Waals surface area contributed by atoms with Crippen molar-refractivity contribution in [2.24, 2.45) is 0 Å². The van der Waals surface area contributed by atoms with Crippen molar-refractivity contribution in [3.63, 3.8) is 0 Å². The maximum atomic E-state index is 13.0. The first kappa shape index (κ1) is 14.3. The summed E-state index contributed by atoms with van der Waals surface area (Å²) in [6.45, 7) is 4.58. The van der Waals surface area contributed by atoms with Gasteiger partial charge >= 0.3 is 0 Å². The van der Waals surface area contributed by atoms with Crippen LogP contribution in [0.2, 0.25) is 0 Å². The van der Waals surface area contributed by atoms with Gasteiger partial charge in [-0.25, -0.2) is 12.5 Å². The molecule has 0 N–H and O–H groups in total. The van der Waals surface area contributed by atoms with Crippen LogP contribution in [0.1, 0.15) is 22.8 Å². The van der Waals surface area contributed by atoms with Crippen LogP contribution >= 0.6 is 0 Å². The van der Waals surface area contributed by atoms with Crippen molar-refractivity contribution in [2.45, 2.75) is 6.92 Å². The summed E-state index contributed by atoms with van der Waals surface area (Å²) < 4.78 is 13.0. The molecule has 1 aromatic carbocycles. The Balaban J connectivity index is 0.00000196. The van der Waals surface area contributed by atoms with Gasteiger partial charge in [-0.1, -0.05) is 6.07 Å². The molecule has 0 aliphatic carbocycles. The Hall–Kier alpha value is -0.666. The topological polar surface area (TPSA) is 34.1 Å². The molecule has 77 valence electrons. The minimum atomic E-state index is -1.25. The largest absolute Gasteiger partial charge is 0.328 e. The number of Topliss-reactive ketones (excluding diaryl/α,β-unsaturated/α-hetero) is 2. The van der Waals surface area contributed by atoms with Gasteiger partial charge in [0.05, 0.1) is 12.0 Å². The molecule has 1 aromatic rings. The van der Waals surface area contributed by atoms with Gasteiger partial charge in [0.2, 0.25) is 0 Å². The van der Waals surface area contributed by atoms with Crippen LogP contribution in [0.4, 0.5) is 4.39 Å². The van der Waals surface area contributed by atoms with Crippen LogP contribution in [0.5, 0.6) is 0 Å². The first-order chi connectivity index (χ1) is 6.54. The van der Waals surface area contributed by atoms with Crippen molar-refractivity contribution >= 4 is 11.6 Å². The third-order valence-corrected chi connectivity index (χ3v) is 1.77. The first-order valence-electron chi connectivity index (χ1n) is 4.03. The van der Waals surface area contributed by atoms with E-state index in [1.807, 2.05) is 0 Å². The number of rotatable bonds is 3. The van der Waals surface area contributed by atoms with E-state index in [-0.39, 0.29) is 38.3 Å². The van der Waals surface area contributed by atoms with Gasteiger partial charge in [0, 0.05) is 32.7 Å². The molecule has 0 saturated heterocycles. The van der Waals surface area contributed by atoms with Crippen molar-refractivity contribution in [3.05, 3.63) is 48.5 Å². The summed E-state index contributed by atoms with van der Waals surface area (Å²) in [5.74, 6) is -1.76. The standard InChI is InChI=1S/C11H9FO2.Y/c1-7-5-3-4-6-9(7)11(14)10(12)8(2)13;/h3-6H,1H2,2H3;/q-2;. The Bertz CT molecular complexity index is 377. The quantitative estimate of drug-likeness (QED) is 0.483. The van der Waals surface area contributed by atoms with E-state index < -0.39 is 17.7 Å². The molecule has 15 heavy (non-hydrogen) atoms. The fourth-order valence-electron chi connectivity index (χ4n) is 1.02. The molecule has 1 radical (unpaired) electrons. The summed E-state index contributed by atoms with van der Waals surface area (Å²) >= 11 is 0. The number of carbonyl (C=O) groups is 2. The predicted molar refractivity (Wildman–Crippen MR) is 50.3 cm³/mol. The van der Waals surface area contributed by atoms with E-state index in [1.54, 1.807) is 18.2 Å². The second-order valence-corrected chi connectivity index (χ2v) is 2.86. The Morgan fingerprint density at radius 2 is 1.87 bits per heavy atom. The zero-order chi connectivity index (χ0) is 10.7. The predicted octanol–water partition coefficient (Wildman–Crippen LogP) is 2.14. The number of ketones is 2. The van der Waals surface area contributed by atoms with Crippen LogP contribution in [-0.2, 0) is 37.5 Å². The van der Waals surface area contributed by atoms with Crippen LogP contribution in [0.25, 0.3) is 0 Å². The fourth-order valence-corrected chi connectivity index (χ4v) is 1.02. The van der Waals surface area contributed by atoms with Crippen molar-refractivity contribution in [1.82, 2.24) is 0 Å². The number of halogens is 1. The van der Waals surface area contributed by atoms with Crippen molar-refractivity contribution < 1.29 is 46.7 Å². The Morgan fingerprint density at radius 1 is 1.33 bits per heavy atom. The van der Waals surface area contributed by atoms with Crippen LogP contribution in [0.15, 0.2) is 24.3 Å². The van der Waals surface area contributed by atoms with Gasteiger partial charge in [-0.05, 0) is 6.92 Å². The van der Waals surface area contributed by atoms with E-state index in [1.165, 1.54) is 6.07 Å². The first-order valence-corrected chi connectivity index (χ1v) is 4.03. The fraction of sp³-hybridized carbons (Fsp3) is 0.0909.